The maximum absolute atomic E-state index is 13.7. The van der Waals surface area contributed by atoms with Crippen molar-refractivity contribution in [2.45, 2.75) is 13.5 Å². The van der Waals surface area contributed by atoms with Crippen molar-refractivity contribution in [3.05, 3.63) is 65.6 Å². The Kier molecular flexibility index (Phi) is 5.03. The lowest BCUT2D eigenvalue weighted by Gasteiger charge is -2.08. The van der Waals surface area contributed by atoms with Crippen molar-refractivity contribution in [3.63, 3.8) is 0 Å². The second-order valence-corrected chi connectivity index (χ2v) is 5.15. The van der Waals surface area contributed by atoms with Crippen LogP contribution in [-0.4, -0.2) is 28.0 Å². The molecule has 0 aliphatic carbocycles. The van der Waals surface area contributed by atoms with Crippen LogP contribution in [0.25, 0.3) is 11.3 Å². The summed E-state index contributed by atoms with van der Waals surface area (Å²) in [4.78, 5) is 11.9. The van der Waals surface area contributed by atoms with Crippen molar-refractivity contribution in [1.29, 1.82) is 0 Å². The molecule has 3 aromatic rings. The number of hydrogen-bond acceptors (Lipinski definition) is 5. The van der Waals surface area contributed by atoms with Crippen LogP contribution in [0.2, 0.25) is 0 Å². The molecule has 7 heteroatoms. The van der Waals surface area contributed by atoms with Gasteiger partial charge in [0.2, 0.25) is 0 Å². The number of aromatic amines is 1. The number of H-pyrrole nitrogens is 1. The molecule has 0 fully saturated rings. The third-order valence-corrected chi connectivity index (χ3v) is 3.48. The number of nitrogens with zero attached hydrogens (tertiary/aromatic N) is 2. The van der Waals surface area contributed by atoms with Crippen LogP contribution in [0.3, 0.4) is 0 Å². The van der Waals surface area contributed by atoms with Gasteiger partial charge in [0.1, 0.15) is 23.9 Å². The van der Waals surface area contributed by atoms with E-state index in [0.29, 0.717) is 22.6 Å². The highest BCUT2D eigenvalue weighted by Crippen LogP contribution is 2.25. The third-order valence-electron chi connectivity index (χ3n) is 3.48. The zero-order chi connectivity index (χ0) is 17.6. The van der Waals surface area contributed by atoms with E-state index in [1.165, 1.54) is 6.07 Å². The van der Waals surface area contributed by atoms with Gasteiger partial charge in [0.05, 0.1) is 6.61 Å². The number of benzene rings is 2. The van der Waals surface area contributed by atoms with E-state index >= 15 is 0 Å². The van der Waals surface area contributed by atoms with E-state index in [2.05, 4.69) is 15.4 Å². The van der Waals surface area contributed by atoms with Gasteiger partial charge in [-0.15, -0.1) is 5.10 Å². The minimum Gasteiger partial charge on any atom is -0.489 e. The van der Waals surface area contributed by atoms with Gasteiger partial charge >= 0.3 is 5.97 Å². The highest BCUT2D eigenvalue weighted by molar-refractivity contribution is 5.93. The summed E-state index contributed by atoms with van der Waals surface area (Å²) in [5, 5.41) is 10.3. The van der Waals surface area contributed by atoms with Crippen molar-refractivity contribution in [2.75, 3.05) is 6.61 Å². The Hall–Kier alpha value is -3.22. The van der Waals surface area contributed by atoms with Crippen LogP contribution in [0.4, 0.5) is 4.39 Å². The molecular formula is C18H16FN3O3. The highest BCUT2D eigenvalue weighted by Gasteiger charge is 2.19. The smallest absolute Gasteiger partial charge is 0.361 e. The number of aromatic nitrogens is 3. The van der Waals surface area contributed by atoms with Crippen molar-refractivity contribution in [3.8, 4) is 17.0 Å². The summed E-state index contributed by atoms with van der Waals surface area (Å²) in [5.74, 6) is -0.345. The average molecular weight is 341 g/mol. The van der Waals surface area contributed by atoms with Crippen LogP contribution >= 0.6 is 0 Å². The number of esters is 1. The van der Waals surface area contributed by atoms with Gasteiger partial charge in [-0.3, -0.25) is 0 Å². The Morgan fingerprint density at radius 2 is 2.00 bits per heavy atom. The van der Waals surface area contributed by atoms with Crippen molar-refractivity contribution < 1.29 is 18.7 Å². The molecule has 0 bridgehead atoms. The van der Waals surface area contributed by atoms with Crippen LogP contribution < -0.4 is 4.74 Å². The number of halogens is 1. The average Bonchev–Trinajstić information content (AvgIpc) is 3.11. The fraction of sp³-hybridized carbons (Fsp3) is 0.167. The third kappa shape index (κ3) is 3.82. The van der Waals surface area contributed by atoms with Crippen molar-refractivity contribution in [1.82, 2.24) is 15.4 Å². The molecule has 6 nitrogen and oxygen atoms in total. The molecule has 1 heterocycles. The van der Waals surface area contributed by atoms with Crippen LogP contribution in [0, 0.1) is 5.82 Å². The lowest BCUT2D eigenvalue weighted by Crippen LogP contribution is -2.06. The Morgan fingerprint density at radius 1 is 1.16 bits per heavy atom. The molecular weight excluding hydrogens is 325 g/mol. The van der Waals surface area contributed by atoms with Crippen LogP contribution in [0.5, 0.6) is 5.75 Å². The summed E-state index contributed by atoms with van der Waals surface area (Å²) in [6.45, 7) is 2.06. The Morgan fingerprint density at radius 3 is 2.80 bits per heavy atom. The molecule has 0 saturated carbocycles. The van der Waals surface area contributed by atoms with E-state index in [9.17, 15) is 9.18 Å². The molecule has 3 rings (SSSR count). The van der Waals surface area contributed by atoms with E-state index in [0.717, 1.165) is 0 Å². The van der Waals surface area contributed by atoms with Gasteiger partial charge in [0.25, 0.3) is 0 Å². The van der Waals surface area contributed by atoms with Gasteiger partial charge in [-0.25, -0.2) is 9.18 Å². The fourth-order valence-electron chi connectivity index (χ4n) is 2.28. The fourth-order valence-corrected chi connectivity index (χ4v) is 2.28. The molecule has 0 spiro atoms. The molecule has 1 aromatic heterocycles. The maximum Gasteiger partial charge on any atom is 0.361 e. The molecule has 25 heavy (non-hydrogen) atoms. The molecule has 0 saturated heterocycles. The molecule has 0 amide bonds. The standard InChI is InChI=1S/C18H16FN3O3/c1-2-24-18(23)17-16(20-22-21-17)12-7-5-8-14(10-12)25-11-13-6-3-4-9-15(13)19/h3-10H,2,11H2,1H3,(H,20,21,22). The lowest BCUT2D eigenvalue weighted by atomic mass is 10.1. The molecule has 1 N–H and O–H groups in total. The Labute approximate surface area is 143 Å². The SMILES string of the molecule is CCOC(=O)c1n[nH]nc1-c1cccc(OCc2ccccc2F)c1. The highest BCUT2D eigenvalue weighted by atomic mass is 19.1. The summed E-state index contributed by atoms with van der Waals surface area (Å²) < 4.78 is 24.3. The van der Waals surface area contributed by atoms with Crippen molar-refractivity contribution >= 4 is 5.97 Å². The molecule has 0 atom stereocenters. The zero-order valence-corrected chi connectivity index (χ0v) is 13.5. The first kappa shape index (κ1) is 16.6. The molecule has 0 unspecified atom stereocenters. The number of nitrogens with one attached hydrogen (secondary N) is 1. The van der Waals surface area contributed by atoms with Gasteiger partial charge in [0, 0.05) is 11.1 Å². The number of rotatable bonds is 6. The Balaban J connectivity index is 1.80. The molecule has 2 aromatic carbocycles. The summed E-state index contributed by atoms with van der Waals surface area (Å²) in [7, 11) is 0. The first-order valence-electron chi connectivity index (χ1n) is 7.73. The summed E-state index contributed by atoms with van der Waals surface area (Å²) in [5.41, 5.74) is 1.58. The van der Waals surface area contributed by atoms with Crippen LogP contribution in [-0.2, 0) is 11.3 Å². The van der Waals surface area contributed by atoms with Gasteiger partial charge in [-0.2, -0.15) is 10.3 Å². The van der Waals surface area contributed by atoms with E-state index < -0.39 is 5.97 Å². The molecule has 0 aliphatic heterocycles. The molecule has 0 aliphatic rings. The summed E-state index contributed by atoms with van der Waals surface area (Å²) in [6, 6.07) is 13.4. The quantitative estimate of drug-likeness (QED) is 0.696. The second-order valence-electron chi connectivity index (χ2n) is 5.15. The number of carbonyl (C=O) groups excluding carboxylic acids is 1. The lowest BCUT2D eigenvalue weighted by molar-refractivity contribution is 0.0520. The van der Waals surface area contributed by atoms with Gasteiger partial charge in [-0.05, 0) is 25.1 Å². The predicted molar refractivity (Wildman–Crippen MR) is 88.5 cm³/mol. The normalized spacial score (nSPS) is 10.5. The summed E-state index contributed by atoms with van der Waals surface area (Å²) >= 11 is 0. The maximum atomic E-state index is 13.7. The van der Waals surface area contributed by atoms with E-state index in [4.69, 9.17) is 9.47 Å². The molecule has 0 radical (unpaired) electrons. The minimum atomic E-state index is -0.552. The van der Waals surface area contributed by atoms with E-state index in [1.807, 2.05) is 0 Å². The predicted octanol–water partition coefficient (Wildman–Crippen LogP) is 3.37. The molecule has 128 valence electrons. The first-order valence-corrected chi connectivity index (χ1v) is 7.73. The first-order chi connectivity index (χ1) is 12.2. The van der Waals surface area contributed by atoms with Crippen LogP contribution in [0.1, 0.15) is 23.0 Å². The zero-order valence-electron chi connectivity index (χ0n) is 13.5. The minimum absolute atomic E-state index is 0.0969. The van der Waals surface area contributed by atoms with Crippen molar-refractivity contribution in [2.24, 2.45) is 0 Å². The monoisotopic (exact) mass is 341 g/mol. The second kappa shape index (κ2) is 7.57. The van der Waals surface area contributed by atoms with Gasteiger partial charge in [-0.1, -0.05) is 30.3 Å². The Bertz CT molecular complexity index is 879. The summed E-state index contributed by atoms with van der Waals surface area (Å²) in [6.07, 6.45) is 0. The van der Waals surface area contributed by atoms with Crippen LogP contribution in [0.15, 0.2) is 48.5 Å². The number of carbonyl (C=O) groups is 1. The topological polar surface area (TPSA) is 77.1 Å². The van der Waals surface area contributed by atoms with Gasteiger partial charge < -0.3 is 9.47 Å². The van der Waals surface area contributed by atoms with E-state index in [1.54, 1.807) is 49.4 Å². The van der Waals surface area contributed by atoms with Gasteiger partial charge in [0.15, 0.2) is 5.69 Å². The van der Waals surface area contributed by atoms with E-state index in [-0.39, 0.29) is 24.7 Å². The number of ether oxygens (including phenoxy) is 2. The number of hydrogen-bond donors (Lipinski definition) is 1. The largest absolute Gasteiger partial charge is 0.489 e.